The maximum Gasteiger partial charge on any atom is 0.323 e. The minimum absolute atomic E-state index is 0.611. The molecule has 5 heteroatoms. The lowest BCUT2D eigenvalue weighted by atomic mass is 9.95. The highest BCUT2D eigenvalue weighted by Gasteiger charge is 2.31. The smallest absolute Gasteiger partial charge is 0.323 e. The summed E-state index contributed by atoms with van der Waals surface area (Å²) in [5.74, 6) is 0.187. The van der Waals surface area contributed by atoms with Gasteiger partial charge < -0.3 is 15.0 Å². The van der Waals surface area contributed by atoms with Crippen LogP contribution in [-0.2, 0) is 11.3 Å². The Morgan fingerprint density at radius 2 is 2.33 bits per heavy atom. The van der Waals surface area contributed by atoms with E-state index < -0.39 is 11.5 Å². The number of hydrogen-bond acceptors (Lipinski definition) is 3. The molecule has 0 aliphatic rings. The van der Waals surface area contributed by atoms with Crippen molar-refractivity contribution < 1.29 is 9.90 Å². The second kappa shape index (κ2) is 6.54. The molecule has 0 aliphatic heterocycles. The first-order chi connectivity index (χ1) is 8.49. The van der Waals surface area contributed by atoms with Gasteiger partial charge in [0.25, 0.3) is 0 Å². The van der Waals surface area contributed by atoms with Crippen LogP contribution in [0, 0.1) is 6.92 Å². The lowest BCUT2D eigenvalue weighted by Gasteiger charge is -2.26. The molecule has 1 aromatic heterocycles. The highest BCUT2D eigenvalue weighted by molar-refractivity contribution is 5.78. The van der Waals surface area contributed by atoms with Crippen molar-refractivity contribution in [1.29, 1.82) is 0 Å². The van der Waals surface area contributed by atoms with Gasteiger partial charge in [-0.05, 0) is 39.7 Å². The fourth-order valence-electron chi connectivity index (χ4n) is 1.91. The first-order valence-corrected chi connectivity index (χ1v) is 6.46. The summed E-state index contributed by atoms with van der Waals surface area (Å²) in [6, 6.07) is 0. The summed E-state index contributed by atoms with van der Waals surface area (Å²) < 4.78 is 2.04. The molecule has 5 nitrogen and oxygen atoms in total. The predicted octanol–water partition coefficient (Wildman–Crippen LogP) is 1.81. The number of carbonyl (C=O) groups is 1. The molecular weight excluding hydrogens is 230 g/mol. The average Bonchev–Trinajstić information content (AvgIpc) is 2.72. The molecule has 1 atom stereocenters. The standard InChI is InChI=1S/C13H23N3O2/c1-4-7-15-13(3,12(17)18)6-5-9-16-10-8-14-11(16)2/h8,10,15H,4-7,9H2,1-3H3,(H,17,18). The van der Waals surface area contributed by atoms with Gasteiger partial charge in [-0.1, -0.05) is 6.92 Å². The SMILES string of the molecule is CCCNC(C)(CCCn1ccnc1C)C(=O)O. The van der Waals surface area contributed by atoms with E-state index >= 15 is 0 Å². The van der Waals surface area contributed by atoms with Crippen LogP contribution in [0.2, 0.25) is 0 Å². The van der Waals surface area contributed by atoms with Gasteiger partial charge in [-0.25, -0.2) is 4.98 Å². The van der Waals surface area contributed by atoms with Gasteiger partial charge in [0.1, 0.15) is 11.4 Å². The first-order valence-electron chi connectivity index (χ1n) is 6.46. The Kier molecular flexibility index (Phi) is 5.34. The minimum Gasteiger partial charge on any atom is -0.480 e. The Labute approximate surface area is 108 Å². The number of aromatic nitrogens is 2. The molecule has 0 amide bonds. The van der Waals surface area contributed by atoms with Gasteiger partial charge in [-0.15, -0.1) is 0 Å². The number of nitrogens with zero attached hydrogens (tertiary/aromatic N) is 2. The number of aryl methyl sites for hydroxylation is 2. The molecule has 1 heterocycles. The fraction of sp³-hybridized carbons (Fsp3) is 0.692. The highest BCUT2D eigenvalue weighted by Crippen LogP contribution is 2.14. The van der Waals surface area contributed by atoms with Crippen LogP contribution in [0.25, 0.3) is 0 Å². The highest BCUT2D eigenvalue weighted by atomic mass is 16.4. The first kappa shape index (κ1) is 14.7. The van der Waals surface area contributed by atoms with Gasteiger partial charge in [0.15, 0.2) is 0 Å². The lowest BCUT2D eigenvalue weighted by molar-refractivity contribution is -0.144. The third-order valence-electron chi connectivity index (χ3n) is 3.24. The monoisotopic (exact) mass is 253 g/mol. The number of nitrogens with one attached hydrogen (secondary N) is 1. The van der Waals surface area contributed by atoms with Crippen molar-refractivity contribution >= 4 is 5.97 Å². The Hall–Kier alpha value is -1.36. The topological polar surface area (TPSA) is 67.2 Å². The van der Waals surface area contributed by atoms with Gasteiger partial charge in [0, 0.05) is 18.9 Å². The van der Waals surface area contributed by atoms with Crippen molar-refractivity contribution in [2.75, 3.05) is 6.54 Å². The third kappa shape index (κ3) is 3.84. The van der Waals surface area contributed by atoms with Crippen molar-refractivity contribution in [2.24, 2.45) is 0 Å². The summed E-state index contributed by atoms with van der Waals surface area (Å²) >= 11 is 0. The number of hydrogen-bond donors (Lipinski definition) is 2. The molecule has 1 unspecified atom stereocenters. The molecule has 0 aliphatic carbocycles. The Morgan fingerprint density at radius 1 is 1.61 bits per heavy atom. The van der Waals surface area contributed by atoms with Crippen LogP contribution in [0.3, 0.4) is 0 Å². The van der Waals surface area contributed by atoms with Crippen molar-refractivity contribution in [3.8, 4) is 0 Å². The van der Waals surface area contributed by atoms with Gasteiger partial charge in [-0.3, -0.25) is 4.79 Å². The summed E-state index contributed by atoms with van der Waals surface area (Å²) in [4.78, 5) is 15.5. The van der Waals surface area contributed by atoms with E-state index in [9.17, 15) is 9.90 Å². The molecule has 1 aromatic rings. The van der Waals surface area contributed by atoms with Crippen molar-refractivity contribution in [2.45, 2.75) is 52.1 Å². The molecule has 0 spiro atoms. The number of rotatable bonds is 8. The van der Waals surface area contributed by atoms with E-state index in [4.69, 9.17) is 0 Å². The molecule has 0 fully saturated rings. The molecule has 0 saturated carbocycles. The van der Waals surface area contributed by atoms with Crippen molar-refractivity contribution in [3.63, 3.8) is 0 Å². The molecule has 0 saturated heterocycles. The number of imidazole rings is 1. The summed E-state index contributed by atoms with van der Waals surface area (Å²) in [7, 11) is 0. The Morgan fingerprint density at radius 3 is 2.83 bits per heavy atom. The van der Waals surface area contributed by atoms with E-state index in [1.54, 1.807) is 13.1 Å². The quantitative estimate of drug-likeness (QED) is 0.741. The molecule has 18 heavy (non-hydrogen) atoms. The minimum atomic E-state index is -0.829. The van der Waals surface area contributed by atoms with Crippen LogP contribution in [0.15, 0.2) is 12.4 Å². The van der Waals surface area contributed by atoms with Gasteiger partial charge in [0.05, 0.1) is 0 Å². The normalized spacial score (nSPS) is 14.4. The summed E-state index contributed by atoms with van der Waals surface area (Å²) in [6.45, 7) is 7.27. The Bertz CT molecular complexity index is 389. The zero-order valence-electron chi connectivity index (χ0n) is 11.4. The fourth-order valence-corrected chi connectivity index (χ4v) is 1.91. The van der Waals surface area contributed by atoms with Crippen LogP contribution < -0.4 is 5.32 Å². The average molecular weight is 253 g/mol. The van der Waals surface area contributed by atoms with Crippen LogP contribution in [-0.4, -0.2) is 32.7 Å². The summed E-state index contributed by atoms with van der Waals surface area (Å²) in [5.41, 5.74) is -0.829. The lowest BCUT2D eigenvalue weighted by Crippen LogP contribution is -2.49. The maximum atomic E-state index is 11.3. The largest absolute Gasteiger partial charge is 0.480 e. The molecule has 1 rings (SSSR count). The molecule has 0 radical (unpaired) electrons. The molecule has 102 valence electrons. The molecule has 2 N–H and O–H groups in total. The van der Waals surface area contributed by atoms with E-state index in [0.717, 1.165) is 31.8 Å². The maximum absolute atomic E-state index is 11.3. The third-order valence-corrected chi connectivity index (χ3v) is 3.24. The van der Waals surface area contributed by atoms with Crippen LogP contribution in [0.1, 0.15) is 38.9 Å². The van der Waals surface area contributed by atoms with E-state index in [0.29, 0.717) is 6.42 Å². The van der Waals surface area contributed by atoms with E-state index in [-0.39, 0.29) is 0 Å². The number of aliphatic carboxylic acids is 1. The van der Waals surface area contributed by atoms with Gasteiger partial charge in [0.2, 0.25) is 0 Å². The zero-order valence-corrected chi connectivity index (χ0v) is 11.4. The second-order valence-corrected chi connectivity index (χ2v) is 4.84. The summed E-state index contributed by atoms with van der Waals surface area (Å²) in [5, 5.41) is 12.4. The van der Waals surface area contributed by atoms with Crippen molar-refractivity contribution in [1.82, 2.24) is 14.9 Å². The van der Waals surface area contributed by atoms with Gasteiger partial charge >= 0.3 is 5.97 Å². The van der Waals surface area contributed by atoms with E-state index in [2.05, 4.69) is 10.3 Å². The van der Waals surface area contributed by atoms with Gasteiger partial charge in [-0.2, -0.15) is 0 Å². The molecule has 0 bridgehead atoms. The zero-order chi connectivity index (χ0) is 13.6. The molecular formula is C13H23N3O2. The Balaban J connectivity index is 2.47. The van der Waals surface area contributed by atoms with Crippen LogP contribution >= 0.6 is 0 Å². The number of carboxylic acid groups (broad SMARTS) is 1. The van der Waals surface area contributed by atoms with E-state index in [1.165, 1.54) is 0 Å². The molecule has 0 aromatic carbocycles. The van der Waals surface area contributed by atoms with Crippen LogP contribution in [0.5, 0.6) is 0 Å². The van der Waals surface area contributed by atoms with Crippen molar-refractivity contribution in [3.05, 3.63) is 18.2 Å². The second-order valence-electron chi connectivity index (χ2n) is 4.84. The predicted molar refractivity (Wildman–Crippen MR) is 70.5 cm³/mol. The van der Waals surface area contributed by atoms with Crippen LogP contribution in [0.4, 0.5) is 0 Å². The number of carboxylic acids is 1. The van der Waals surface area contributed by atoms with E-state index in [1.807, 2.05) is 24.6 Å². The summed E-state index contributed by atoms with van der Waals surface area (Å²) in [6.07, 6.45) is 6.05.